The molecule has 1 heterocycles. The molecule has 0 spiro atoms. The van der Waals surface area contributed by atoms with Crippen molar-refractivity contribution >= 4 is 0 Å². The summed E-state index contributed by atoms with van der Waals surface area (Å²) < 4.78 is 19.5. The summed E-state index contributed by atoms with van der Waals surface area (Å²) in [7, 11) is 1.90. The Morgan fingerprint density at radius 1 is 1.29 bits per heavy atom. The molecule has 1 aliphatic rings. The summed E-state index contributed by atoms with van der Waals surface area (Å²) in [6.45, 7) is 2.14. The molecule has 4 heteroatoms. The monoisotopic (exact) mass is 288 g/mol. The normalized spacial score (nSPS) is 14.8. The van der Waals surface area contributed by atoms with Crippen LogP contribution >= 0.6 is 0 Å². The van der Waals surface area contributed by atoms with E-state index >= 15 is 0 Å². The van der Waals surface area contributed by atoms with Gasteiger partial charge in [0.2, 0.25) is 0 Å². The molecule has 0 aliphatic heterocycles. The predicted molar refractivity (Wildman–Crippen MR) is 80.1 cm³/mol. The Morgan fingerprint density at radius 3 is 2.81 bits per heavy atom. The molecule has 0 radical (unpaired) electrons. The minimum Gasteiger partial charge on any atom is -0.468 e. The molecule has 1 aromatic heterocycles. The Morgan fingerprint density at radius 2 is 2.14 bits per heavy atom. The molecular weight excluding hydrogens is 267 g/mol. The van der Waals surface area contributed by atoms with Gasteiger partial charge in [0, 0.05) is 24.7 Å². The molecule has 0 amide bonds. The number of rotatable bonds is 7. The average molecular weight is 288 g/mol. The first-order valence-electron chi connectivity index (χ1n) is 7.44. The number of nitrogens with zero attached hydrogens (tertiary/aromatic N) is 1. The second kappa shape index (κ2) is 6.41. The van der Waals surface area contributed by atoms with Crippen LogP contribution in [0, 0.1) is 5.82 Å². The van der Waals surface area contributed by atoms with E-state index in [-0.39, 0.29) is 5.82 Å². The number of furan rings is 1. The number of hydrogen-bond acceptors (Lipinski definition) is 3. The minimum atomic E-state index is -0.125. The van der Waals surface area contributed by atoms with E-state index in [4.69, 9.17) is 4.42 Å². The van der Waals surface area contributed by atoms with E-state index in [1.54, 1.807) is 12.3 Å². The van der Waals surface area contributed by atoms with Crippen LogP contribution < -0.4 is 5.32 Å². The summed E-state index contributed by atoms with van der Waals surface area (Å²) >= 11 is 0. The molecule has 2 aromatic rings. The second-order valence-corrected chi connectivity index (χ2v) is 5.67. The van der Waals surface area contributed by atoms with Crippen molar-refractivity contribution in [3.05, 3.63) is 59.3 Å². The van der Waals surface area contributed by atoms with Crippen molar-refractivity contribution in [2.24, 2.45) is 0 Å². The molecule has 3 rings (SSSR count). The highest BCUT2D eigenvalue weighted by Gasteiger charge is 2.30. The van der Waals surface area contributed by atoms with Crippen LogP contribution in [0.3, 0.4) is 0 Å². The van der Waals surface area contributed by atoms with E-state index in [0.29, 0.717) is 12.6 Å². The summed E-state index contributed by atoms with van der Waals surface area (Å²) in [6, 6.07) is 9.80. The maximum Gasteiger partial charge on any atom is 0.127 e. The highest BCUT2D eigenvalue weighted by atomic mass is 19.1. The Hall–Kier alpha value is -1.65. The van der Waals surface area contributed by atoms with Crippen molar-refractivity contribution in [1.29, 1.82) is 0 Å². The Balaban J connectivity index is 1.74. The number of halogens is 1. The standard InChI is InChI=1S/C17H21FN2O/c1-19-10-13-4-7-17(18)14(9-13)11-20(15-5-6-15)12-16-3-2-8-21-16/h2-4,7-9,15,19H,5-6,10-12H2,1H3. The fourth-order valence-electron chi connectivity index (χ4n) is 2.64. The first kappa shape index (κ1) is 14.3. The van der Waals surface area contributed by atoms with E-state index in [0.717, 1.165) is 30.0 Å². The van der Waals surface area contributed by atoms with Crippen LogP contribution in [0.15, 0.2) is 41.0 Å². The lowest BCUT2D eigenvalue weighted by atomic mass is 10.1. The van der Waals surface area contributed by atoms with Gasteiger partial charge in [-0.15, -0.1) is 0 Å². The highest BCUT2D eigenvalue weighted by molar-refractivity contribution is 5.25. The quantitative estimate of drug-likeness (QED) is 0.847. The number of hydrogen-bond donors (Lipinski definition) is 1. The first-order valence-corrected chi connectivity index (χ1v) is 7.44. The molecule has 1 fully saturated rings. The third-order valence-corrected chi connectivity index (χ3v) is 3.87. The maximum atomic E-state index is 14.1. The third kappa shape index (κ3) is 3.71. The molecule has 0 unspecified atom stereocenters. The molecule has 1 N–H and O–H groups in total. The largest absolute Gasteiger partial charge is 0.468 e. The first-order chi connectivity index (χ1) is 10.3. The fraction of sp³-hybridized carbons (Fsp3) is 0.412. The predicted octanol–water partition coefficient (Wildman–Crippen LogP) is 3.30. The van der Waals surface area contributed by atoms with Gasteiger partial charge >= 0.3 is 0 Å². The summed E-state index contributed by atoms with van der Waals surface area (Å²) in [5.41, 5.74) is 1.88. The van der Waals surface area contributed by atoms with Crippen LogP contribution in [0.25, 0.3) is 0 Å². The van der Waals surface area contributed by atoms with Gasteiger partial charge in [0.05, 0.1) is 12.8 Å². The minimum absolute atomic E-state index is 0.125. The van der Waals surface area contributed by atoms with E-state index in [9.17, 15) is 4.39 Å². The van der Waals surface area contributed by atoms with Crippen LogP contribution in [0.4, 0.5) is 4.39 Å². The summed E-state index contributed by atoms with van der Waals surface area (Å²) in [5, 5.41) is 3.10. The maximum absolute atomic E-state index is 14.1. The molecule has 0 saturated heterocycles. The zero-order valence-corrected chi connectivity index (χ0v) is 12.3. The molecule has 3 nitrogen and oxygen atoms in total. The van der Waals surface area contributed by atoms with Crippen LogP contribution in [0.2, 0.25) is 0 Å². The molecule has 0 bridgehead atoms. The lowest BCUT2D eigenvalue weighted by Gasteiger charge is -2.21. The van der Waals surface area contributed by atoms with E-state index < -0.39 is 0 Å². The van der Waals surface area contributed by atoms with Gasteiger partial charge in [-0.2, -0.15) is 0 Å². The van der Waals surface area contributed by atoms with Crippen molar-refractivity contribution in [1.82, 2.24) is 10.2 Å². The van der Waals surface area contributed by atoms with Crippen molar-refractivity contribution < 1.29 is 8.81 Å². The SMILES string of the molecule is CNCc1ccc(F)c(CN(Cc2ccco2)C2CC2)c1. The lowest BCUT2D eigenvalue weighted by Crippen LogP contribution is -2.25. The zero-order chi connectivity index (χ0) is 14.7. The summed E-state index contributed by atoms with van der Waals surface area (Å²) in [5.74, 6) is 0.814. The zero-order valence-electron chi connectivity index (χ0n) is 12.3. The van der Waals surface area contributed by atoms with Crippen molar-refractivity contribution in [2.75, 3.05) is 7.05 Å². The molecule has 21 heavy (non-hydrogen) atoms. The summed E-state index contributed by atoms with van der Waals surface area (Å²) in [4.78, 5) is 2.31. The Bertz CT molecular complexity index is 578. The highest BCUT2D eigenvalue weighted by Crippen LogP contribution is 2.30. The van der Waals surface area contributed by atoms with Gasteiger partial charge in [0.25, 0.3) is 0 Å². The Kier molecular flexibility index (Phi) is 4.36. The van der Waals surface area contributed by atoms with E-state index in [2.05, 4.69) is 10.2 Å². The number of benzene rings is 1. The van der Waals surface area contributed by atoms with Gasteiger partial charge in [0.15, 0.2) is 0 Å². The second-order valence-electron chi connectivity index (χ2n) is 5.67. The van der Waals surface area contributed by atoms with Crippen LogP contribution in [0.5, 0.6) is 0 Å². The van der Waals surface area contributed by atoms with E-state index in [1.807, 2.05) is 31.3 Å². The third-order valence-electron chi connectivity index (χ3n) is 3.87. The lowest BCUT2D eigenvalue weighted by molar-refractivity contribution is 0.222. The smallest absolute Gasteiger partial charge is 0.127 e. The molecule has 1 aliphatic carbocycles. The van der Waals surface area contributed by atoms with Gasteiger partial charge in [-0.3, -0.25) is 4.90 Å². The average Bonchev–Trinajstić information content (AvgIpc) is 3.20. The van der Waals surface area contributed by atoms with Gasteiger partial charge in [-0.25, -0.2) is 4.39 Å². The van der Waals surface area contributed by atoms with Crippen LogP contribution in [-0.4, -0.2) is 18.0 Å². The van der Waals surface area contributed by atoms with Crippen molar-refractivity contribution in [3.8, 4) is 0 Å². The van der Waals surface area contributed by atoms with Crippen molar-refractivity contribution in [2.45, 2.75) is 38.5 Å². The molecule has 112 valence electrons. The molecular formula is C17H21FN2O. The van der Waals surface area contributed by atoms with Gasteiger partial charge in [0.1, 0.15) is 11.6 Å². The van der Waals surface area contributed by atoms with Gasteiger partial charge in [-0.1, -0.05) is 12.1 Å². The topological polar surface area (TPSA) is 28.4 Å². The molecule has 0 atom stereocenters. The van der Waals surface area contributed by atoms with Crippen LogP contribution in [-0.2, 0) is 19.6 Å². The number of nitrogens with one attached hydrogen (secondary N) is 1. The van der Waals surface area contributed by atoms with E-state index in [1.165, 1.54) is 12.8 Å². The summed E-state index contributed by atoms with van der Waals surface area (Å²) in [6.07, 6.45) is 4.08. The van der Waals surface area contributed by atoms with Crippen molar-refractivity contribution in [3.63, 3.8) is 0 Å². The van der Waals surface area contributed by atoms with Gasteiger partial charge in [-0.05, 0) is 43.7 Å². The molecule has 1 aromatic carbocycles. The van der Waals surface area contributed by atoms with Crippen LogP contribution in [0.1, 0.15) is 29.7 Å². The van der Waals surface area contributed by atoms with Gasteiger partial charge < -0.3 is 9.73 Å². The Labute approximate surface area is 124 Å². The molecule has 1 saturated carbocycles. The fourth-order valence-corrected chi connectivity index (χ4v) is 2.64.